The molecule has 0 bridgehead atoms. The van der Waals surface area contributed by atoms with E-state index in [4.69, 9.17) is 0 Å². The van der Waals surface area contributed by atoms with Crippen molar-refractivity contribution in [3.63, 3.8) is 0 Å². The summed E-state index contributed by atoms with van der Waals surface area (Å²) in [6.07, 6.45) is 5.23. The third kappa shape index (κ3) is 8.33. The Morgan fingerprint density at radius 3 is 2.13 bits per heavy atom. The average Bonchev–Trinajstić information content (AvgIpc) is 2.46. The molecule has 130 valence electrons. The molecular weight excluding hydrogens is 290 g/mol. The van der Waals surface area contributed by atoms with E-state index in [2.05, 4.69) is 29.5 Å². The van der Waals surface area contributed by atoms with Crippen molar-refractivity contribution in [2.45, 2.75) is 61.3 Å². The molecule has 0 aromatic rings. The molecule has 0 aromatic carbocycles. The quantitative estimate of drug-likeness (QED) is 0.530. The fourth-order valence-corrected chi connectivity index (χ4v) is 1.52. The van der Waals surface area contributed by atoms with Crippen LogP contribution in [0.25, 0.3) is 0 Å². The summed E-state index contributed by atoms with van der Waals surface area (Å²) < 4.78 is 0. The van der Waals surface area contributed by atoms with Gasteiger partial charge in [0.15, 0.2) is 0 Å². The van der Waals surface area contributed by atoms with Gasteiger partial charge in [0.05, 0.1) is 0 Å². The molecule has 23 heavy (non-hydrogen) atoms. The average molecular weight is 321 g/mol. The second kappa shape index (κ2) is 10.8. The molecule has 2 amide bonds. The highest BCUT2D eigenvalue weighted by Crippen LogP contribution is 2.08. The van der Waals surface area contributed by atoms with Crippen molar-refractivity contribution in [2.75, 3.05) is 0 Å². The molecule has 5 nitrogen and oxygen atoms in total. The van der Waals surface area contributed by atoms with Crippen LogP contribution in [0, 0.1) is 11.8 Å². The number of aliphatic imine (C=N–C) groups is 1. The standard InChI is InChI=1S/C18H31N3O2/c1-8-10-15(20-17(22)13(5)6)21-18(23)16(12(3)4)19-11-14(7)9-2/h10-11,13-14H,8-9H2,1-7H3,(H,20,22)(H,21,23)/b15-10+,19-11?. The van der Waals surface area contributed by atoms with Crippen LogP contribution in [0.2, 0.25) is 0 Å². The summed E-state index contributed by atoms with van der Waals surface area (Å²) in [5.74, 6) is 0.121. The predicted molar refractivity (Wildman–Crippen MR) is 95.8 cm³/mol. The third-order valence-corrected chi connectivity index (χ3v) is 3.23. The summed E-state index contributed by atoms with van der Waals surface area (Å²) in [4.78, 5) is 28.6. The molecule has 0 saturated carbocycles. The van der Waals surface area contributed by atoms with Gasteiger partial charge >= 0.3 is 0 Å². The number of nitrogens with zero attached hydrogens (tertiary/aromatic N) is 1. The Labute approximate surface area is 140 Å². The maximum atomic E-state index is 12.4. The largest absolute Gasteiger partial charge is 0.312 e. The van der Waals surface area contributed by atoms with Gasteiger partial charge in [-0.05, 0) is 44.3 Å². The van der Waals surface area contributed by atoms with Crippen LogP contribution >= 0.6 is 0 Å². The summed E-state index contributed by atoms with van der Waals surface area (Å²) in [6.45, 7) is 13.4. The number of amides is 2. The highest BCUT2D eigenvalue weighted by atomic mass is 16.2. The number of nitrogens with one attached hydrogen (secondary N) is 2. The Morgan fingerprint density at radius 2 is 1.70 bits per heavy atom. The van der Waals surface area contributed by atoms with Gasteiger partial charge in [-0.25, -0.2) is 0 Å². The first-order valence-corrected chi connectivity index (χ1v) is 8.26. The minimum absolute atomic E-state index is 0.133. The number of rotatable bonds is 8. The zero-order chi connectivity index (χ0) is 18.0. The lowest BCUT2D eigenvalue weighted by Gasteiger charge is -2.14. The van der Waals surface area contributed by atoms with Crippen molar-refractivity contribution in [3.05, 3.63) is 23.2 Å². The number of hydrogen-bond donors (Lipinski definition) is 2. The van der Waals surface area contributed by atoms with Gasteiger partial charge in [0.2, 0.25) is 5.91 Å². The van der Waals surface area contributed by atoms with Crippen LogP contribution in [0.5, 0.6) is 0 Å². The Bertz CT molecular complexity index is 498. The third-order valence-electron chi connectivity index (χ3n) is 3.23. The van der Waals surface area contributed by atoms with E-state index in [9.17, 15) is 9.59 Å². The van der Waals surface area contributed by atoms with E-state index in [0.29, 0.717) is 23.9 Å². The Kier molecular flexibility index (Phi) is 9.86. The maximum absolute atomic E-state index is 12.4. The van der Waals surface area contributed by atoms with Crippen molar-refractivity contribution in [1.29, 1.82) is 0 Å². The Morgan fingerprint density at radius 1 is 1.09 bits per heavy atom. The highest BCUT2D eigenvalue weighted by Gasteiger charge is 2.14. The molecule has 5 heteroatoms. The molecule has 2 N–H and O–H groups in total. The molecule has 0 rings (SSSR count). The van der Waals surface area contributed by atoms with Crippen LogP contribution in [-0.2, 0) is 9.59 Å². The minimum atomic E-state index is -0.312. The van der Waals surface area contributed by atoms with Gasteiger partial charge in [-0.2, -0.15) is 0 Å². The van der Waals surface area contributed by atoms with E-state index in [-0.39, 0.29) is 17.7 Å². The van der Waals surface area contributed by atoms with Crippen LogP contribution < -0.4 is 10.6 Å². The van der Waals surface area contributed by atoms with Crippen molar-refractivity contribution >= 4 is 18.0 Å². The first-order valence-electron chi connectivity index (χ1n) is 8.26. The molecular formula is C18H31N3O2. The summed E-state index contributed by atoms with van der Waals surface area (Å²) in [5.41, 5.74) is 1.21. The predicted octanol–water partition coefficient (Wildman–Crippen LogP) is 3.54. The number of hydrogen-bond acceptors (Lipinski definition) is 3. The van der Waals surface area contributed by atoms with Gasteiger partial charge in [0, 0.05) is 12.1 Å². The summed E-state index contributed by atoms with van der Waals surface area (Å²) in [6, 6.07) is 0. The molecule has 0 aliphatic carbocycles. The van der Waals surface area contributed by atoms with E-state index in [1.54, 1.807) is 26.1 Å². The van der Waals surface area contributed by atoms with Crippen LogP contribution in [-0.4, -0.2) is 18.0 Å². The van der Waals surface area contributed by atoms with Gasteiger partial charge in [0.1, 0.15) is 11.5 Å². The van der Waals surface area contributed by atoms with E-state index < -0.39 is 0 Å². The molecule has 0 aliphatic rings. The molecule has 0 saturated heterocycles. The molecule has 0 spiro atoms. The van der Waals surface area contributed by atoms with Crippen molar-refractivity contribution in [2.24, 2.45) is 16.8 Å². The van der Waals surface area contributed by atoms with Crippen LogP contribution in [0.3, 0.4) is 0 Å². The second-order valence-electron chi connectivity index (χ2n) is 6.14. The molecule has 1 atom stereocenters. The molecule has 0 aromatic heterocycles. The smallest absolute Gasteiger partial charge is 0.275 e. The fourth-order valence-electron chi connectivity index (χ4n) is 1.52. The minimum Gasteiger partial charge on any atom is -0.312 e. The normalized spacial score (nSPS) is 13.1. The molecule has 1 unspecified atom stereocenters. The second-order valence-corrected chi connectivity index (χ2v) is 6.14. The fraction of sp³-hybridized carbons (Fsp3) is 0.611. The highest BCUT2D eigenvalue weighted by molar-refractivity contribution is 5.96. The first-order chi connectivity index (χ1) is 10.7. The van der Waals surface area contributed by atoms with Gasteiger partial charge < -0.3 is 10.6 Å². The van der Waals surface area contributed by atoms with E-state index in [0.717, 1.165) is 12.0 Å². The Balaban J connectivity index is 5.15. The lowest BCUT2D eigenvalue weighted by atomic mass is 10.1. The van der Waals surface area contributed by atoms with Gasteiger partial charge in [-0.3, -0.25) is 14.6 Å². The summed E-state index contributed by atoms with van der Waals surface area (Å²) >= 11 is 0. The van der Waals surface area contributed by atoms with Crippen molar-refractivity contribution < 1.29 is 9.59 Å². The van der Waals surface area contributed by atoms with E-state index >= 15 is 0 Å². The molecule has 0 radical (unpaired) electrons. The van der Waals surface area contributed by atoms with Crippen molar-refractivity contribution in [3.8, 4) is 0 Å². The summed E-state index contributed by atoms with van der Waals surface area (Å²) in [5, 5.41) is 5.48. The number of carbonyl (C=O) groups is 2. The molecule has 0 aliphatic heterocycles. The zero-order valence-electron chi connectivity index (χ0n) is 15.5. The zero-order valence-corrected chi connectivity index (χ0v) is 15.5. The van der Waals surface area contributed by atoms with Crippen molar-refractivity contribution in [1.82, 2.24) is 10.6 Å². The number of carbonyl (C=O) groups excluding carboxylic acids is 2. The molecule has 0 fully saturated rings. The monoisotopic (exact) mass is 321 g/mol. The van der Waals surface area contributed by atoms with Gasteiger partial charge in [-0.1, -0.05) is 34.6 Å². The molecule has 0 heterocycles. The van der Waals surface area contributed by atoms with E-state index in [1.165, 1.54) is 0 Å². The van der Waals surface area contributed by atoms with Gasteiger partial charge in [-0.15, -0.1) is 0 Å². The lowest BCUT2D eigenvalue weighted by Crippen LogP contribution is -2.37. The first kappa shape index (κ1) is 21.1. The number of allylic oxidation sites excluding steroid dienone is 2. The van der Waals surface area contributed by atoms with Crippen LogP contribution in [0.15, 0.2) is 28.2 Å². The lowest BCUT2D eigenvalue weighted by molar-refractivity contribution is -0.123. The summed E-state index contributed by atoms with van der Waals surface area (Å²) in [7, 11) is 0. The van der Waals surface area contributed by atoms with Crippen LogP contribution in [0.4, 0.5) is 0 Å². The maximum Gasteiger partial charge on any atom is 0.275 e. The SMILES string of the molecule is CC/C=C(/NC(=O)C(N=CC(C)CC)=C(C)C)NC(=O)C(C)C. The van der Waals surface area contributed by atoms with Gasteiger partial charge in [0.25, 0.3) is 5.91 Å². The topological polar surface area (TPSA) is 70.6 Å². The van der Waals surface area contributed by atoms with Crippen LogP contribution in [0.1, 0.15) is 61.3 Å². The van der Waals surface area contributed by atoms with E-state index in [1.807, 2.05) is 20.8 Å². The Hall–Kier alpha value is -1.91.